The summed E-state index contributed by atoms with van der Waals surface area (Å²) in [6, 6.07) is 8.43. The lowest BCUT2D eigenvalue weighted by atomic mass is 10.1. The molecule has 1 heterocycles. The zero-order chi connectivity index (χ0) is 13.0. The highest BCUT2D eigenvalue weighted by Crippen LogP contribution is 2.22. The van der Waals surface area contributed by atoms with Crippen LogP contribution in [-0.2, 0) is 0 Å². The molecule has 1 unspecified atom stereocenters. The lowest BCUT2D eigenvalue weighted by molar-refractivity contribution is 0.196. The second-order valence-corrected chi connectivity index (χ2v) is 5.36. The molecule has 1 aromatic rings. The van der Waals surface area contributed by atoms with Crippen molar-refractivity contribution in [3.63, 3.8) is 0 Å². The molecular formula is C14H21ClN2O. The van der Waals surface area contributed by atoms with Crippen molar-refractivity contribution in [3.05, 3.63) is 29.3 Å². The average Bonchev–Trinajstić information content (AvgIpc) is 2.53. The summed E-state index contributed by atoms with van der Waals surface area (Å²) in [5, 5.41) is 9.94. The van der Waals surface area contributed by atoms with Gasteiger partial charge in [0, 0.05) is 36.4 Å². The summed E-state index contributed by atoms with van der Waals surface area (Å²) < 4.78 is 0. The lowest BCUT2D eigenvalue weighted by Gasteiger charge is -2.29. The Hall–Kier alpha value is -0.770. The van der Waals surface area contributed by atoms with Crippen LogP contribution < -0.4 is 4.90 Å². The molecule has 100 valence electrons. The van der Waals surface area contributed by atoms with Crippen molar-refractivity contribution in [2.45, 2.75) is 18.9 Å². The van der Waals surface area contributed by atoms with E-state index in [2.05, 4.69) is 22.9 Å². The molecule has 1 aliphatic heterocycles. The van der Waals surface area contributed by atoms with Crippen LogP contribution in [-0.4, -0.2) is 49.3 Å². The van der Waals surface area contributed by atoms with E-state index in [0.717, 1.165) is 37.5 Å². The van der Waals surface area contributed by atoms with Gasteiger partial charge in [-0.1, -0.05) is 17.7 Å². The maximum atomic E-state index is 9.16. The second kappa shape index (κ2) is 6.41. The van der Waals surface area contributed by atoms with Gasteiger partial charge in [0.25, 0.3) is 0 Å². The van der Waals surface area contributed by atoms with Crippen molar-refractivity contribution in [2.24, 2.45) is 0 Å². The van der Waals surface area contributed by atoms with E-state index < -0.39 is 0 Å². The predicted molar refractivity (Wildman–Crippen MR) is 76.4 cm³/mol. The zero-order valence-corrected chi connectivity index (χ0v) is 11.6. The molecule has 1 atom stereocenters. The minimum Gasteiger partial charge on any atom is -0.396 e. The first-order chi connectivity index (χ1) is 8.70. The normalized spacial score (nSPS) is 21.9. The molecule has 0 amide bonds. The van der Waals surface area contributed by atoms with Gasteiger partial charge in [-0.25, -0.2) is 0 Å². The Balaban J connectivity index is 2.12. The van der Waals surface area contributed by atoms with E-state index in [1.54, 1.807) is 0 Å². The number of nitrogens with zero attached hydrogens (tertiary/aromatic N) is 2. The van der Waals surface area contributed by atoms with Gasteiger partial charge in [0.2, 0.25) is 0 Å². The molecule has 0 bridgehead atoms. The molecule has 0 aliphatic carbocycles. The monoisotopic (exact) mass is 268 g/mol. The molecule has 2 rings (SSSR count). The summed E-state index contributed by atoms with van der Waals surface area (Å²) >= 11 is 6.05. The quantitative estimate of drug-likeness (QED) is 0.911. The molecule has 1 aliphatic rings. The third kappa shape index (κ3) is 3.37. The fourth-order valence-electron chi connectivity index (χ4n) is 2.55. The smallest absolute Gasteiger partial charge is 0.0446 e. The van der Waals surface area contributed by atoms with Gasteiger partial charge in [0.15, 0.2) is 0 Å². The van der Waals surface area contributed by atoms with E-state index in [1.165, 1.54) is 5.69 Å². The van der Waals surface area contributed by atoms with E-state index in [9.17, 15) is 0 Å². The van der Waals surface area contributed by atoms with E-state index in [1.807, 2.05) is 18.2 Å². The van der Waals surface area contributed by atoms with Crippen LogP contribution in [0.3, 0.4) is 0 Å². The molecule has 18 heavy (non-hydrogen) atoms. The minimum absolute atomic E-state index is 0.248. The van der Waals surface area contributed by atoms with E-state index in [0.29, 0.717) is 6.04 Å². The summed E-state index contributed by atoms with van der Waals surface area (Å²) in [7, 11) is 2.14. The second-order valence-electron chi connectivity index (χ2n) is 4.93. The van der Waals surface area contributed by atoms with Crippen LogP contribution in [0.25, 0.3) is 0 Å². The Labute approximate surface area is 114 Å². The van der Waals surface area contributed by atoms with Gasteiger partial charge in [0.1, 0.15) is 0 Å². The number of benzene rings is 1. The van der Waals surface area contributed by atoms with Gasteiger partial charge in [0.05, 0.1) is 0 Å². The fraction of sp³-hybridized carbons (Fsp3) is 0.571. The van der Waals surface area contributed by atoms with Crippen molar-refractivity contribution in [3.8, 4) is 0 Å². The van der Waals surface area contributed by atoms with Crippen LogP contribution in [0.4, 0.5) is 5.69 Å². The topological polar surface area (TPSA) is 26.7 Å². The van der Waals surface area contributed by atoms with Crippen LogP contribution in [0.15, 0.2) is 24.3 Å². The molecule has 0 radical (unpaired) electrons. The number of likely N-dealkylation sites (N-methyl/N-ethyl adjacent to an activating group) is 1. The number of aliphatic hydroxyl groups is 1. The number of aliphatic hydroxyl groups excluding tert-OH is 1. The van der Waals surface area contributed by atoms with Gasteiger partial charge >= 0.3 is 0 Å². The van der Waals surface area contributed by atoms with Gasteiger partial charge in [-0.2, -0.15) is 0 Å². The third-order valence-electron chi connectivity index (χ3n) is 3.63. The van der Waals surface area contributed by atoms with Gasteiger partial charge in [-0.3, -0.25) is 0 Å². The van der Waals surface area contributed by atoms with Crippen molar-refractivity contribution in [1.82, 2.24) is 4.90 Å². The number of hydrogen-bond acceptors (Lipinski definition) is 3. The minimum atomic E-state index is 0.248. The predicted octanol–water partition coefficient (Wildman–Crippen LogP) is 2.23. The summed E-state index contributed by atoms with van der Waals surface area (Å²) in [6.45, 7) is 3.34. The van der Waals surface area contributed by atoms with Crippen LogP contribution >= 0.6 is 11.6 Å². The van der Waals surface area contributed by atoms with Crippen molar-refractivity contribution in [2.75, 3.05) is 38.2 Å². The standard InChI is InChI=1S/C14H21ClN2O/c1-16-7-3-8-17(11-14(16)6-9-18)13-5-2-4-12(15)10-13/h2,4-5,10,14,18H,3,6-9,11H2,1H3. The molecule has 1 fully saturated rings. The Bertz CT molecular complexity index is 386. The summed E-state index contributed by atoms with van der Waals surface area (Å²) in [5.74, 6) is 0. The van der Waals surface area contributed by atoms with Crippen LogP contribution in [0.2, 0.25) is 5.02 Å². The molecule has 1 saturated heterocycles. The SMILES string of the molecule is CN1CCCN(c2cccc(Cl)c2)CC1CCO. The molecule has 0 saturated carbocycles. The molecule has 1 N–H and O–H groups in total. The number of anilines is 1. The first-order valence-electron chi connectivity index (χ1n) is 6.52. The molecule has 0 spiro atoms. The van der Waals surface area contributed by atoms with Gasteiger partial charge in [-0.05, 0) is 44.6 Å². The first-order valence-corrected chi connectivity index (χ1v) is 6.90. The molecular weight excluding hydrogens is 248 g/mol. The first kappa shape index (κ1) is 13.7. The Morgan fingerprint density at radius 1 is 1.39 bits per heavy atom. The summed E-state index contributed by atoms with van der Waals surface area (Å²) in [4.78, 5) is 4.72. The van der Waals surface area contributed by atoms with Crippen molar-refractivity contribution < 1.29 is 5.11 Å². The highest BCUT2D eigenvalue weighted by molar-refractivity contribution is 6.30. The number of hydrogen-bond donors (Lipinski definition) is 1. The molecule has 4 heteroatoms. The molecule has 3 nitrogen and oxygen atoms in total. The van der Waals surface area contributed by atoms with E-state index >= 15 is 0 Å². The van der Waals surface area contributed by atoms with E-state index in [4.69, 9.17) is 16.7 Å². The van der Waals surface area contributed by atoms with Crippen molar-refractivity contribution >= 4 is 17.3 Å². The van der Waals surface area contributed by atoms with Crippen LogP contribution in [0, 0.1) is 0 Å². The maximum Gasteiger partial charge on any atom is 0.0446 e. The maximum absolute atomic E-state index is 9.16. The highest BCUT2D eigenvalue weighted by Gasteiger charge is 2.22. The fourth-order valence-corrected chi connectivity index (χ4v) is 2.73. The molecule has 1 aromatic carbocycles. The Kier molecular flexibility index (Phi) is 4.87. The van der Waals surface area contributed by atoms with Gasteiger partial charge in [-0.15, -0.1) is 0 Å². The zero-order valence-electron chi connectivity index (χ0n) is 10.8. The number of rotatable bonds is 3. The largest absolute Gasteiger partial charge is 0.396 e. The number of halogens is 1. The lowest BCUT2D eigenvalue weighted by Crippen LogP contribution is -2.39. The van der Waals surface area contributed by atoms with Gasteiger partial charge < -0.3 is 14.9 Å². The Morgan fingerprint density at radius 3 is 2.94 bits per heavy atom. The van der Waals surface area contributed by atoms with Crippen LogP contribution in [0.5, 0.6) is 0 Å². The Morgan fingerprint density at radius 2 is 2.22 bits per heavy atom. The third-order valence-corrected chi connectivity index (χ3v) is 3.86. The van der Waals surface area contributed by atoms with E-state index in [-0.39, 0.29) is 6.61 Å². The summed E-state index contributed by atoms with van der Waals surface area (Å²) in [5.41, 5.74) is 1.18. The van der Waals surface area contributed by atoms with Crippen molar-refractivity contribution in [1.29, 1.82) is 0 Å². The highest BCUT2D eigenvalue weighted by atomic mass is 35.5. The summed E-state index contributed by atoms with van der Waals surface area (Å²) in [6.07, 6.45) is 1.97. The van der Waals surface area contributed by atoms with Crippen LogP contribution in [0.1, 0.15) is 12.8 Å². The molecule has 0 aromatic heterocycles. The average molecular weight is 269 g/mol.